The predicted octanol–water partition coefficient (Wildman–Crippen LogP) is 5.04. The first kappa shape index (κ1) is 22.1. The molecule has 0 saturated heterocycles. The molecule has 0 radical (unpaired) electrons. The standard InChI is InChI=1S/C19H18FN.C3H9NO2S/c20-19(12-2-1-3-13-19)18-10-8-17(9-11-18)16-6-4-15(14-21)5-7-16;1-3(2)7(4,5)6/h4-11H,1-3,12-13H2;3H,1-2H3,(H2,4,5,6). The molecule has 0 bridgehead atoms. The van der Waals surface area contributed by atoms with Crippen molar-refractivity contribution in [1.29, 1.82) is 5.26 Å². The van der Waals surface area contributed by atoms with E-state index >= 15 is 0 Å². The maximum atomic E-state index is 14.9. The Labute approximate surface area is 167 Å². The normalized spacial score (nSPS) is 16.0. The van der Waals surface area contributed by atoms with Crippen LogP contribution in [0.5, 0.6) is 0 Å². The summed E-state index contributed by atoms with van der Waals surface area (Å²) in [5.41, 5.74) is 2.43. The maximum absolute atomic E-state index is 14.9. The highest BCUT2D eigenvalue weighted by Crippen LogP contribution is 2.41. The molecule has 1 saturated carbocycles. The number of nitriles is 1. The van der Waals surface area contributed by atoms with Gasteiger partial charge < -0.3 is 0 Å². The molecule has 0 spiro atoms. The van der Waals surface area contributed by atoms with Crippen LogP contribution >= 0.6 is 0 Å². The molecule has 3 rings (SSSR count). The fraction of sp³-hybridized carbons (Fsp3) is 0.409. The molecule has 1 aliphatic rings. The summed E-state index contributed by atoms with van der Waals surface area (Å²) in [6, 6.07) is 17.4. The van der Waals surface area contributed by atoms with Crippen molar-refractivity contribution in [3.8, 4) is 17.2 Å². The molecule has 2 aromatic carbocycles. The Morgan fingerprint density at radius 2 is 1.39 bits per heavy atom. The molecule has 1 aliphatic carbocycles. The first-order valence-corrected chi connectivity index (χ1v) is 11.1. The van der Waals surface area contributed by atoms with Gasteiger partial charge in [-0.15, -0.1) is 0 Å². The Balaban J connectivity index is 0.000000345. The average Bonchev–Trinajstić information content (AvgIpc) is 2.68. The second-order valence-electron chi connectivity index (χ2n) is 7.43. The van der Waals surface area contributed by atoms with Crippen LogP contribution in [0, 0.1) is 11.3 Å². The molecule has 0 unspecified atom stereocenters. The Morgan fingerprint density at radius 3 is 1.79 bits per heavy atom. The molecule has 2 N–H and O–H groups in total. The lowest BCUT2D eigenvalue weighted by Gasteiger charge is -2.30. The van der Waals surface area contributed by atoms with Crippen molar-refractivity contribution in [1.82, 2.24) is 0 Å². The number of nitrogens with two attached hydrogens (primary N) is 1. The lowest BCUT2D eigenvalue weighted by atomic mass is 9.81. The van der Waals surface area contributed by atoms with Gasteiger partial charge in [0.15, 0.2) is 0 Å². The van der Waals surface area contributed by atoms with Gasteiger partial charge in [-0.3, -0.25) is 0 Å². The van der Waals surface area contributed by atoms with E-state index in [0.29, 0.717) is 18.4 Å². The second-order valence-corrected chi connectivity index (χ2v) is 9.55. The first-order chi connectivity index (χ1) is 13.2. The third kappa shape index (κ3) is 5.88. The minimum absolute atomic E-state index is 0.451. The summed E-state index contributed by atoms with van der Waals surface area (Å²) in [6.07, 6.45) is 4.39. The molecule has 0 heterocycles. The summed E-state index contributed by atoms with van der Waals surface area (Å²) in [4.78, 5) is 0. The molecule has 4 nitrogen and oxygen atoms in total. The second kappa shape index (κ2) is 9.31. The smallest absolute Gasteiger partial charge is 0.211 e. The fourth-order valence-corrected chi connectivity index (χ4v) is 3.10. The highest BCUT2D eigenvalue weighted by Gasteiger charge is 2.33. The van der Waals surface area contributed by atoms with Gasteiger partial charge in [-0.05, 0) is 68.4 Å². The third-order valence-electron chi connectivity index (χ3n) is 5.05. The number of primary sulfonamides is 1. The molecule has 6 heteroatoms. The molecule has 0 aliphatic heterocycles. The molecule has 28 heavy (non-hydrogen) atoms. The van der Waals surface area contributed by atoms with Crippen LogP contribution in [0.2, 0.25) is 0 Å². The average molecular weight is 403 g/mol. The van der Waals surface area contributed by atoms with Gasteiger partial charge in [0.1, 0.15) is 5.67 Å². The number of alkyl halides is 1. The van der Waals surface area contributed by atoms with Crippen LogP contribution in [0.25, 0.3) is 11.1 Å². The summed E-state index contributed by atoms with van der Waals surface area (Å²) in [6.45, 7) is 3.07. The molecular weight excluding hydrogens is 375 g/mol. The van der Waals surface area contributed by atoms with Gasteiger partial charge in [0.2, 0.25) is 10.0 Å². The van der Waals surface area contributed by atoms with Crippen LogP contribution in [0.15, 0.2) is 48.5 Å². The number of rotatable bonds is 3. The number of nitrogens with zero attached hydrogens (tertiary/aromatic N) is 1. The minimum atomic E-state index is -3.24. The van der Waals surface area contributed by atoms with Crippen molar-refractivity contribution in [2.24, 2.45) is 5.14 Å². The molecule has 0 aromatic heterocycles. The van der Waals surface area contributed by atoms with E-state index in [1.807, 2.05) is 36.4 Å². The van der Waals surface area contributed by atoms with Gasteiger partial charge in [-0.25, -0.2) is 17.9 Å². The number of halogens is 1. The number of hydrogen-bond acceptors (Lipinski definition) is 3. The molecule has 2 aromatic rings. The molecule has 150 valence electrons. The van der Waals surface area contributed by atoms with E-state index < -0.39 is 20.9 Å². The highest BCUT2D eigenvalue weighted by atomic mass is 32.2. The lowest BCUT2D eigenvalue weighted by molar-refractivity contribution is 0.106. The van der Waals surface area contributed by atoms with Gasteiger partial charge in [0, 0.05) is 0 Å². The third-order valence-corrected chi connectivity index (χ3v) is 6.37. The van der Waals surface area contributed by atoms with Crippen LogP contribution in [-0.2, 0) is 15.7 Å². The van der Waals surface area contributed by atoms with Crippen LogP contribution in [0.3, 0.4) is 0 Å². The van der Waals surface area contributed by atoms with Gasteiger partial charge in [0.25, 0.3) is 0 Å². The largest absolute Gasteiger partial charge is 0.239 e. The minimum Gasteiger partial charge on any atom is -0.239 e. The van der Waals surface area contributed by atoms with Crippen LogP contribution in [0.4, 0.5) is 4.39 Å². The Kier molecular flexibility index (Phi) is 7.34. The molecule has 0 atom stereocenters. The van der Waals surface area contributed by atoms with E-state index in [1.54, 1.807) is 12.1 Å². The van der Waals surface area contributed by atoms with Crippen molar-refractivity contribution in [3.05, 3.63) is 59.7 Å². The Bertz CT molecular complexity index is 909. The van der Waals surface area contributed by atoms with Crippen molar-refractivity contribution < 1.29 is 12.8 Å². The first-order valence-electron chi connectivity index (χ1n) is 9.47. The molecular formula is C22H27FN2O2S. The zero-order valence-corrected chi connectivity index (χ0v) is 17.2. The summed E-state index contributed by atoms with van der Waals surface area (Å²) in [5, 5.41) is 13.0. The van der Waals surface area contributed by atoms with Gasteiger partial charge in [0.05, 0.1) is 16.9 Å². The quantitative estimate of drug-likeness (QED) is 0.781. The van der Waals surface area contributed by atoms with Crippen LogP contribution in [0.1, 0.15) is 57.1 Å². The summed E-state index contributed by atoms with van der Waals surface area (Å²) in [5.74, 6) is 0. The van der Waals surface area contributed by atoms with E-state index in [1.165, 1.54) is 13.8 Å². The summed E-state index contributed by atoms with van der Waals surface area (Å²) >= 11 is 0. The van der Waals surface area contributed by atoms with E-state index in [4.69, 9.17) is 5.26 Å². The van der Waals surface area contributed by atoms with Crippen molar-refractivity contribution in [3.63, 3.8) is 0 Å². The maximum Gasteiger partial charge on any atom is 0.211 e. The highest BCUT2D eigenvalue weighted by molar-refractivity contribution is 7.89. The van der Waals surface area contributed by atoms with Crippen molar-refractivity contribution in [2.75, 3.05) is 0 Å². The zero-order valence-electron chi connectivity index (χ0n) is 16.4. The number of benzene rings is 2. The Morgan fingerprint density at radius 1 is 0.964 bits per heavy atom. The monoisotopic (exact) mass is 402 g/mol. The van der Waals surface area contributed by atoms with Crippen LogP contribution in [-0.4, -0.2) is 13.7 Å². The number of sulfonamides is 1. The van der Waals surface area contributed by atoms with E-state index in [0.717, 1.165) is 36.0 Å². The van der Waals surface area contributed by atoms with Gasteiger partial charge in [-0.1, -0.05) is 42.8 Å². The number of hydrogen-bond donors (Lipinski definition) is 1. The van der Waals surface area contributed by atoms with E-state index in [9.17, 15) is 12.8 Å². The summed E-state index contributed by atoms with van der Waals surface area (Å²) in [7, 11) is -3.24. The summed E-state index contributed by atoms with van der Waals surface area (Å²) < 4.78 is 35.1. The zero-order chi connectivity index (χ0) is 20.8. The van der Waals surface area contributed by atoms with E-state index in [-0.39, 0.29) is 0 Å². The predicted molar refractivity (Wildman–Crippen MR) is 111 cm³/mol. The van der Waals surface area contributed by atoms with Gasteiger partial charge in [-0.2, -0.15) is 5.26 Å². The van der Waals surface area contributed by atoms with Crippen LogP contribution < -0.4 is 5.14 Å². The van der Waals surface area contributed by atoms with Crippen molar-refractivity contribution >= 4 is 10.0 Å². The van der Waals surface area contributed by atoms with Crippen molar-refractivity contribution in [2.45, 2.75) is 56.9 Å². The SMILES string of the molecule is CC(C)S(N)(=O)=O.N#Cc1ccc(-c2ccc(C3(F)CCCCC3)cc2)cc1. The molecule has 0 amide bonds. The van der Waals surface area contributed by atoms with Gasteiger partial charge >= 0.3 is 0 Å². The lowest BCUT2D eigenvalue weighted by Crippen LogP contribution is -2.23. The topological polar surface area (TPSA) is 84.0 Å². The Hall–Kier alpha value is -2.23. The fourth-order valence-electron chi connectivity index (χ4n) is 3.10. The van der Waals surface area contributed by atoms with E-state index in [2.05, 4.69) is 11.2 Å². The molecule has 1 fully saturated rings.